The van der Waals surface area contributed by atoms with Crippen LogP contribution in [-0.2, 0) is 19.3 Å². The fourth-order valence-electron chi connectivity index (χ4n) is 1.14. The van der Waals surface area contributed by atoms with Crippen LogP contribution in [0.2, 0.25) is 0 Å². The molecular weight excluding hydrogens is 200 g/mol. The smallest absolute Gasteiger partial charge is 0.393 e. The minimum atomic E-state index is -4.40. The van der Waals surface area contributed by atoms with Crippen molar-refractivity contribution in [3.63, 3.8) is 0 Å². The summed E-state index contributed by atoms with van der Waals surface area (Å²) >= 11 is 0. The van der Waals surface area contributed by atoms with Gasteiger partial charge in [0.05, 0.1) is 18.8 Å². The molecule has 1 aliphatic rings. The molecule has 2 atom stereocenters. The van der Waals surface area contributed by atoms with Gasteiger partial charge in [-0.05, 0) is 6.42 Å². The van der Waals surface area contributed by atoms with Crippen molar-refractivity contribution in [3.8, 4) is 0 Å². The lowest BCUT2D eigenvalue weighted by Crippen LogP contribution is -2.32. The molecule has 6 nitrogen and oxygen atoms in total. The zero-order chi connectivity index (χ0) is 9.90. The van der Waals surface area contributed by atoms with Gasteiger partial charge in [-0.15, -0.1) is 0 Å². The summed E-state index contributed by atoms with van der Waals surface area (Å²) in [5, 5.41) is 9.16. The minimum absolute atomic E-state index is 0.254. The fraction of sp³-hybridized carbons (Fsp3) is 1.00. The molecule has 7 heteroatoms. The molecule has 0 aromatic rings. The Morgan fingerprint density at radius 3 is 2.77 bits per heavy atom. The molecular formula is C6H12O6S. The molecule has 0 aromatic heterocycles. The number of hydrogen-bond donors (Lipinski definition) is 2. The summed E-state index contributed by atoms with van der Waals surface area (Å²) in [4.78, 5) is 0. The molecule has 0 amide bonds. The Morgan fingerprint density at radius 1 is 1.54 bits per heavy atom. The number of aliphatic hydroxyl groups excluding tert-OH is 1. The molecule has 0 bridgehead atoms. The van der Waals surface area contributed by atoms with E-state index >= 15 is 0 Å². The zero-order valence-corrected chi connectivity index (χ0v) is 7.74. The van der Waals surface area contributed by atoms with Crippen LogP contribution in [0.4, 0.5) is 0 Å². The molecule has 13 heavy (non-hydrogen) atoms. The summed E-state index contributed by atoms with van der Waals surface area (Å²) in [5.74, 6) is 0. The van der Waals surface area contributed by atoms with E-state index in [9.17, 15) is 8.42 Å². The van der Waals surface area contributed by atoms with E-state index in [4.69, 9.17) is 14.4 Å². The molecule has 0 aromatic carbocycles. The van der Waals surface area contributed by atoms with Gasteiger partial charge in [0.1, 0.15) is 0 Å². The summed E-state index contributed by atoms with van der Waals surface area (Å²) in [6.07, 6.45) is -0.0767. The van der Waals surface area contributed by atoms with Gasteiger partial charge in [0.2, 0.25) is 0 Å². The first-order valence-electron chi connectivity index (χ1n) is 3.89. The quantitative estimate of drug-likeness (QED) is 0.603. The summed E-state index contributed by atoms with van der Waals surface area (Å²) in [7, 11) is -4.40. The maximum atomic E-state index is 10.2. The third-order valence-electron chi connectivity index (χ3n) is 1.74. The monoisotopic (exact) mass is 212 g/mol. The van der Waals surface area contributed by atoms with E-state index in [2.05, 4.69) is 4.18 Å². The Labute approximate surface area is 76.4 Å². The highest BCUT2D eigenvalue weighted by molar-refractivity contribution is 7.80. The first-order valence-corrected chi connectivity index (χ1v) is 5.25. The predicted molar refractivity (Wildman–Crippen MR) is 42.5 cm³/mol. The molecule has 1 aliphatic heterocycles. The third kappa shape index (κ3) is 4.53. The van der Waals surface area contributed by atoms with Crippen LogP contribution < -0.4 is 0 Å². The molecule has 0 saturated carbocycles. The third-order valence-corrected chi connectivity index (χ3v) is 2.18. The van der Waals surface area contributed by atoms with E-state index in [0.717, 1.165) is 0 Å². The SMILES string of the molecule is O=S(=O)(O)OC[C@@H]1C[C@H](O)CCO1. The molecule has 1 fully saturated rings. The van der Waals surface area contributed by atoms with Crippen molar-refractivity contribution in [3.05, 3.63) is 0 Å². The van der Waals surface area contributed by atoms with Crippen molar-refractivity contribution in [2.45, 2.75) is 25.0 Å². The molecule has 78 valence electrons. The lowest BCUT2D eigenvalue weighted by Gasteiger charge is -2.25. The van der Waals surface area contributed by atoms with Gasteiger partial charge in [-0.1, -0.05) is 0 Å². The standard InChI is InChI=1S/C6H12O6S/c7-5-1-2-11-6(3-5)4-12-13(8,9)10/h5-7H,1-4H2,(H,8,9,10)/t5-,6+/m1/s1. The lowest BCUT2D eigenvalue weighted by atomic mass is 10.1. The van der Waals surface area contributed by atoms with Gasteiger partial charge < -0.3 is 9.84 Å². The molecule has 1 rings (SSSR count). The second-order valence-electron chi connectivity index (χ2n) is 2.88. The summed E-state index contributed by atoms with van der Waals surface area (Å²) in [6.45, 7) is 0.122. The maximum Gasteiger partial charge on any atom is 0.397 e. The van der Waals surface area contributed by atoms with Crippen molar-refractivity contribution in [2.24, 2.45) is 0 Å². The van der Waals surface area contributed by atoms with Crippen molar-refractivity contribution in [2.75, 3.05) is 13.2 Å². The van der Waals surface area contributed by atoms with Crippen LogP contribution in [0.15, 0.2) is 0 Å². The summed E-state index contributed by atoms with van der Waals surface area (Å²) in [6, 6.07) is 0. The van der Waals surface area contributed by atoms with Crippen LogP contribution in [0.1, 0.15) is 12.8 Å². The first kappa shape index (κ1) is 10.9. The number of rotatable bonds is 3. The Morgan fingerprint density at radius 2 is 2.23 bits per heavy atom. The van der Waals surface area contributed by atoms with Gasteiger partial charge in [-0.3, -0.25) is 4.55 Å². The average molecular weight is 212 g/mol. The van der Waals surface area contributed by atoms with Crippen molar-refractivity contribution >= 4 is 10.4 Å². The van der Waals surface area contributed by atoms with Gasteiger partial charge in [-0.2, -0.15) is 8.42 Å². The largest absolute Gasteiger partial charge is 0.397 e. The van der Waals surface area contributed by atoms with Crippen molar-refractivity contribution < 1.29 is 27.0 Å². The zero-order valence-electron chi connectivity index (χ0n) is 6.92. The Kier molecular flexibility index (Phi) is 3.63. The van der Waals surface area contributed by atoms with Crippen LogP contribution in [0, 0.1) is 0 Å². The molecule has 1 heterocycles. The second-order valence-corrected chi connectivity index (χ2v) is 3.97. The number of hydrogen-bond acceptors (Lipinski definition) is 5. The van der Waals surface area contributed by atoms with Crippen molar-refractivity contribution in [1.82, 2.24) is 0 Å². The molecule has 2 N–H and O–H groups in total. The highest BCUT2D eigenvalue weighted by atomic mass is 32.3. The van der Waals surface area contributed by atoms with Crippen LogP contribution in [0.25, 0.3) is 0 Å². The second kappa shape index (κ2) is 4.34. The maximum absolute atomic E-state index is 10.2. The lowest BCUT2D eigenvalue weighted by molar-refractivity contribution is -0.0604. The van der Waals surface area contributed by atoms with Crippen LogP contribution in [0.3, 0.4) is 0 Å². The average Bonchev–Trinajstić information content (AvgIpc) is 2.00. The van der Waals surface area contributed by atoms with Gasteiger partial charge in [-0.25, -0.2) is 4.18 Å². The summed E-state index contributed by atoms with van der Waals surface area (Å²) < 4.78 is 37.8. The van der Waals surface area contributed by atoms with E-state index in [0.29, 0.717) is 19.4 Å². The minimum Gasteiger partial charge on any atom is -0.393 e. The van der Waals surface area contributed by atoms with Crippen LogP contribution >= 0.6 is 0 Å². The fourth-order valence-corrected chi connectivity index (χ4v) is 1.46. The molecule has 0 aliphatic carbocycles. The molecule has 1 saturated heterocycles. The highest BCUT2D eigenvalue weighted by Crippen LogP contribution is 2.14. The number of ether oxygens (including phenoxy) is 1. The Bertz CT molecular complexity index is 248. The normalized spacial score (nSPS) is 30.3. The van der Waals surface area contributed by atoms with Crippen LogP contribution in [-0.4, -0.2) is 43.5 Å². The van der Waals surface area contributed by atoms with E-state index in [1.165, 1.54) is 0 Å². The Balaban J connectivity index is 2.29. The molecule has 0 radical (unpaired) electrons. The number of aliphatic hydroxyl groups is 1. The van der Waals surface area contributed by atoms with Gasteiger partial charge in [0.25, 0.3) is 0 Å². The van der Waals surface area contributed by atoms with Crippen LogP contribution in [0.5, 0.6) is 0 Å². The van der Waals surface area contributed by atoms with E-state index in [1.807, 2.05) is 0 Å². The topological polar surface area (TPSA) is 93.1 Å². The molecule has 0 spiro atoms. The van der Waals surface area contributed by atoms with E-state index in [1.54, 1.807) is 0 Å². The van der Waals surface area contributed by atoms with E-state index < -0.39 is 22.6 Å². The highest BCUT2D eigenvalue weighted by Gasteiger charge is 2.22. The van der Waals surface area contributed by atoms with E-state index in [-0.39, 0.29) is 6.61 Å². The molecule has 0 unspecified atom stereocenters. The Hall–Kier alpha value is -0.210. The first-order chi connectivity index (χ1) is 5.97. The van der Waals surface area contributed by atoms with Gasteiger partial charge in [0, 0.05) is 13.0 Å². The predicted octanol–water partition coefficient (Wildman–Crippen LogP) is -0.654. The van der Waals surface area contributed by atoms with Gasteiger partial charge >= 0.3 is 10.4 Å². The summed E-state index contributed by atoms with van der Waals surface area (Å²) in [5.41, 5.74) is 0. The van der Waals surface area contributed by atoms with Gasteiger partial charge in [0.15, 0.2) is 0 Å². The van der Waals surface area contributed by atoms with Crippen molar-refractivity contribution in [1.29, 1.82) is 0 Å².